The zero-order valence-corrected chi connectivity index (χ0v) is 14.7. The Balaban J connectivity index is 1.74. The molecule has 1 aliphatic rings. The van der Waals surface area contributed by atoms with Crippen molar-refractivity contribution in [2.75, 3.05) is 29.0 Å². The summed E-state index contributed by atoms with van der Waals surface area (Å²) in [6, 6.07) is 8.57. The van der Waals surface area contributed by atoms with Crippen molar-refractivity contribution in [3.8, 4) is 5.75 Å². The molecule has 1 saturated heterocycles. The predicted octanol–water partition coefficient (Wildman–Crippen LogP) is 2.40. The van der Waals surface area contributed by atoms with Crippen molar-refractivity contribution in [2.45, 2.75) is 19.3 Å². The number of nitrogens with one attached hydrogen (secondary N) is 1. The molecule has 1 aliphatic heterocycles. The van der Waals surface area contributed by atoms with Gasteiger partial charge in [-0.1, -0.05) is 0 Å². The normalized spacial score (nSPS) is 16.0. The summed E-state index contributed by atoms with van der Waals surface area (Å²) in [4.78, 5) is 12.1. The SMILES string of the molecule is COc1ccc(NC(=O)CCc2ccco2)cc1N1CCCS1(=O)=O. The Morgan fingerprint density at radius 2 is 2.20 bits per heavy atom. The van der Waals surface area contributed by atoms with Crippen molar-refractivity contribution in [3.63, 3.8) is 0 Å². The lowest BCUT2D eigenvalue weighted by molar-refractivity contribution is -0.116. The summed E-state index contributed by atoms with van der Waals surface area (Å²) in [6.45, 7) is 0.411. The number of hydrogen-bond donors (Lipinski definition) is 1. The van der Waals surface area contributed by atoms with E-state index < -0.39 is 10.0 Å². The first-order valence-electron chi connectivity index (χ1n) is 8.00. The fraction of sp³-hybridized carbons (Fsp3) is 0.353. The molecule has 0 unspecified atom stereocenters. The minimum absolute atomic E-state index is 0.121. The van der Waals surface area contributed by atoms with E-state index in [9.17, 15) is 13.2 Å². The van der Waals surface area contributed by atoms with Crippen molar-refractivity contribution in [2.24, 2.45) is 0 Å². The average Bonchev–Trinajstić information content (AvgIpc) is 3.22. The summed E-state index contributed by atoms with van der Waals surface area (Å²) in [5, 5.41) is 2.79. The third kappa shape index (κ3) is 3.96. The zero-order chi connectivity index (χ0) is 17.9. The number of aryl methyl sites for hydroxylation is 1. The van der Waals surface area contributed by atoms with Gasteiger partial charge in [-0.2, -0.15) is 0 Å². The van der Waals surface area contributed by atoms with Crippen molar-refractivity contribution in [1.82, 2.24) is 0 Å². The van der Waals surface area contributed by atoms with Crippen LogP contribution >= 0.6 is 0 Å². The van der Waals surface area contributed by atoms with Crippen LogP contribution in [0.5, 0.6) is 5.75 Å². The second kappa shape index (κ2) is 7.18. The Bertz CT molecular complexity index is 846. The van der Waals surface area contributed by atoms with Gasteiger partial charge in [-0.25, -0.2) is 8.42 Å². The number of anilines is 2. The molecule has 1 aromatic carbocycles. The number of carbonyl (C=O) groups excluding carboxylic acids is 1. The van der Waals surface area contributed by atoms with Crippen molar-refractivity contribution in [1.29, 1.82) is 0 Å². The van der Waals surface area contributed by atoms with Crippen LogP contribution in [0.4, 0.5) is 11.4 Å². The monoisotopic (exact) mass is 364 g/mol. The second-order valence-corrected chi connectivity index (χ2v) is 7.77. The molecule has 2 aromatic rings. The van der Waals surface area contributed by atoms with Crippen LogP contribution in [-0.2, 0) is 21.2 Å². The molecule has 0 aliphatic carbocycles. The number of sulfonamides is 1. The van der Waals surface area contributed by atoms with Gasteiger partial charge in [0.15, 0.2) is 0 Å². The van der Waals surface area contributed by atoms with Crippen LogP contribution in [0.1, 0.15) is 18.6 Å². The summed E-state index contributed by atoms with van der Waals surface area (Å²) < 4.78 is 36.2. The van der Waals surface area contributed by atoms with Gasteiger partial charge in [-0.15, -0.1) is 0 Å². The van der Waals surface area contributed by atoms with Gasteiger partial charge in [-0.05, 0) is 36.8 Å². The van der Waals surface area contributed by atoms with E-state index >= 15 is 0 Å². The van der Waals surface area contributed by atoms with Crippen LogP contribution in [-0.4, -0.2) is 33.7 Å². The summed E-state index contributed by atoms with van der Waals surface area (Å²) in [5.41, 5.74) is 0.978. The number of hydrogen-bond acceptors (Lipinski definition) is 5. The van der Waals surface area contributed by atoms with Crippen LogP contribution in [0, 0.1) is 0 Å². The van der Waals surface area contributed by atoms with Gasteiger partial charge in [0.05, 0.1) is 24.8 Å². The van der Waals surface area contributed by atoms with Gasteiger partial charge in [-0.3, -0.25) is 9.10 Å². The molecular weight excluding hydrogens is 344 g/mol. The van der Waals surface area contributed by atoms with Crippen LogP contribution in [0.15, 0.2) is 41.0 Å². The van der Waals surface area contributed by atoms with E-state index in [1.807, 2.05) is 6.07 Å². The Morgan fingerprint density at radius 1 is 1.36 bits per heavy atom. The summed E-state index contributed by atoms with van der Waals surface area (Å²) in [6.07, 6.45) is 2.92. The number of amides is 1. The van der Waals surface area contributed by atoms with Gasteiger partial charge in [0.2, 0.25) is 15.9 Å². The fourth-order valence-electron chi connectivity index (χ4n) is 2.79. The molecule has 8 heteroatoms. The topological polar surface area (TPSA) is 88.8 Å². The van der Waals surface area contributed by atoms with E-state index in [1.54, 1.807) is 30.5 Å². The molecule has 1 aromatic heterocycles. The Morgan fingerprint density at radius 3 is 2.84 bits per heavy atom. The molecule has 0 spiro atoms. The van der Waals surface area contributed by atoms with E-state index in [-0.39, 0.29) is 18.1 Å². The molecular formula is C17H20N2O5S. The zero-order valence-electron chi connectivity index (χ0n) is 13.9. The molecule has 1 amide bonds. The summed E-state index contributed by atoms with van der Waals surface area (Å²) in [7, 11) is -1.84. The van der Waals surface area contributed by atoms with Gasteiger partial charge < -0.3 is 14.5 Å². The van der Waals surface area contributed by atoms with Crippen molar-refractivity contribution < 1.29 is 22.4 Å². The van der Waals surface area contributed by atoms with Gasteiger partial charge in [0.25, 0.3) is 0 Å². The van der Waals surface area contributed by atoms with E-state index in [0.29, 0.717) is 36.5 Å². The van der Waals surface area contributed by atoms with Crippen molar-refractivity contribution >= 4 is 27.3 Å². The Hall–Kier alpha value is -2.48. The number of carbonyl (C=O) groups is 1. The summed E-state index contributed by atoms with van der Waals surface area (Å²) in [5.74, 6) is 1.15. The molecule has 0 saturated carbocycles. The van der Waals surface area contributed by atoms with E-state index in [4.69, 9.17) is 9.15 Å². The molecule has 134 valence electrons. The fourth-order valence-corrected chi connectivity index (χ4v) is 4.35. The maximum absolute atomic E-state index is 12.2. The minimum atomic E-state index is -3.33. The molecule has 0 radical (unpaired) electrons. The maximum atomic E-state index is 12.2. The van der Waals surface area contributed by atoms with Crippen LogP contribution in [0.2, 0.25) is 0 Å². The predicted molar refractivity (Wildman–Crippen MR) is 94.4 cm³/mol. The molecule has 1 fully saturated rings. The highest BCUT2D eigenvalue weighted by Crippen LogP contribution is 2.35. The first-order chi connectivity index (χ1) is 12.0. The molecule has 7 nitrogen and oxygen atoms in total. The van der Waals surface area contributed by atoms with Gasteiger partial charge >= 0.3 is 0 Å². The third-order valence-corrected chi connectivity index (χ3v) is 5.86. The third-order valence-electron chi connectivity index (χ3n) is 4.01. The number of nitrogens with zero attached hydrogens (tertiary/aromatic N) is 1. The number of furan rings is 1. The smallest absolute Gasteiger partial charge is 0.235 e. The van der Waals surface area contributed by atoms with Gasteiger partial charge in [0.1, 0.15) is 11.5 Å². The number of benzene rings is 1. The van der Waals surface area contributed by atoms with E-state index in [0.717, 1.165) is 5.76 Å². The first kappa shape index (κ1) is 17.3. The lowest BCUT2D eigenvalue weighted by Gasteiger charge is -2.20. The van der Waals surface area contributed by atoms with Crippen molar-refractivity contribution in [3.05, 3.63) is 42.4 Å². The molecule has 0 atom stereocenters. The van der Waals surface area contributed by atoms with Crippen LogP contribution < -0.4 is 14.4 Å². The number of rotatable bonds is 6. The maximum Gasteiger partial charge on any atom is 0.235 e. The first-order valence-corrected chi connectivity index (χ1v) is 9.61. The van der Waals surface area contributed by atoms with E-state index in [2.05, 4.69) is 5.32 Å². The standard InChI is InChI=1S/C17H20N2O5S/c1-23-16-7-5-13(12-15(16)19-9-3-11-25(19,21)22)18-17(20)8-6-14-4-2-10-24-14/h2,4-5,7,10,12H,3,6,8-9,11H2,1H3,(H,18,20). The highest BCUT2D eigenvalue weighted by atomic mass is 32.2. The molecule has 0 bridgehead atoms. The van der Waals surface area contributed by atoms with Gasteiger partial charge in [0, 0.05) is 25.1 Å². The highest BCUT2D eigenvalue weighted by Gasteiger charge is 2.30. The second-order valence-electron chi connectivity index (χ2n) is 5.76. The molecule has 3 rings (SSSR count). The molecule has 25 heavy (non-hydrogen) atoms. The van der Waals surface area contributed by atoms with Crippen LogP contribution in [0.3, 0.4) is 0 Å². The highest BCUT2D eigenvalue weighted by molar-refractivity contribution is 7.93. The number of ether oxygens (including phenoxy) is 1. The Labute approximate surface area is 146 Å². The Kier molecular flexibility index (Phi) is 4.98. The quantitative estimate of drug-likeness (QED) is 0.850. The minimum Gasteiger partial charge on any atom is -0.495 e. The molecule has 1 N–H and O–H groups in total. The number of methoxy groups -OCH3 is 1. The lowest BCUT2D eigenvalue weighted by atomic mass is 10.2. The largest absolute Gasteiger partial charge is 0.495 e. The average molecular weight is 364 g/mol. The van der Waals surface area contributed by atoms with E-state index in [1.165, 1.54) is 11.4 Å². The summed E-state index contributed by atoms with van der Waals surface area (Å²) >= 11 is 0. The molecule has 2 heterocycles. The lowest BCUT2D eigenvalue weighted by Crippen LogP contribution is -2.25. The van der Waals surface area contributed by atoms with Crippen LogP contribution in [0.25, 0.3) is 0 Å².